The summed E-state index contributed by atoms with van der Waals surface area (Å²) in [5.41, 5.74) is -0.00343. The Morgan fingerprint density at radius 3 is 2.83 bits per heavy atom. The van der Waals surface area contributed by atoms with Crippen LogP contribution in [-0.4, -0.2) is 42.2 Å². The second kappa shape index (κ2) is 7.66. The maximum atomic E-state index is 11.5. The SMILES string of the molecule is CCOC(=O)CCN(C)CCn1ccccc1=O. The van der Waals surface area contributed by atoms with Crippen molar-refractivity contribution in [1.82, 2.24) is 9.47 Å². The molecule has 0 N–H and O–H groups in total. The van der Waals surface area contributed by atoms with E-state index in [0.717, 1.165) is 6.54 Å². The van der Waals surface area contributed by atoms with Crippen molar-refractivity contribution < 1.29 is 9.53 Å². The molecule has 1 rings (SSSR count). The number of aromatic nitrogens is 1. The van der Waals surface area contributed by atoms with E-state index in [-0.39, 0.29) is 11.5 Å². The Labute approximate surface area is 107 Å². The predicted molar refractivity (Wildman–Crippen MR) is 69.4 cm³/mol. The molecule has 0 aliphatic rings. The molecular weight excluding hydrogens is 232 g/mol. The lowest BCUT2D eigenvalue weighted by atomic mass is 10.4. The largest absolute Gasteiger partial charge is 0.466 e. The van der Waals surface area contributed by atoms with E-state index in [1.54, 1.807) is 29.8 Å². The van der Waals surface area contributed by atoms with E-state index >= 15 is 0 Å². The first-order valence-corrected chi connectivity index (χ1v) is 6.13. The summed E-state index contributed by atoms with van der Waals surface area (Å²) in [4.78, 5) is 24.6. The molecule has 0 radical (unpaired) electrons. The van der Waals surface area contributed by atoms with E-state index in [9.17, 15) is 9.59 Å². The molecule has 0 spiro atoms. The molecule has 0 fully saturated rings. The molecule has 0 saturated heterocycles. The highest BCUT2D eigenvalue weighted by atomic mass is 16.5. The highest BCUT2D eigenvalue weighted by Crippen LogP contribution is 1.92. The van der Waals surface area contributed by atoms with Crippen LogP contribution in [0.2, 0.25) is 0 Å². The number of carbonyl (C=O) groups is 1. The van der Waals surface area contributed by atoms with Gasteiger partial charge in [-0.05, 0) is 20.0 Å². The third kappa shape index (κ3) is 5.14. The molecular formula is C13H20N2O3. The summed E-state index contributed by atoms with van der Waals surface area (Å²) in [7, 11) is 1.92. The van der Waals surface area contributed by atoms with Crippen LogP contribution in [-0.2, 0) is 16.1 Å². The molecule has 0 atom stereocenters. The lowest BCUT2D eigenvalue weighted by molar-refractivity contribution is -0.143. The minimum Gasteiger partial charge on any atom is -0.466 e. The van der Waals surface area contributed by atoms with Crippen LogP contribution in [0.15, 0.2) is 29.2 Å². The molecule has 0 bridgehead atoms. The van der Waals surface area contributed by atoms with Gasteiger partial charge in [-0.15, -0.1) is 0 Å². The molecule has 0 unspecified atom stereocenters. The number of esters is 1. The van der Waals surface area contributed by atoms with Gasteiger partial charge in [0.1, 0.15) is 0 Å². The summed E-state index contributed by atoms with van der Waals surface area (Å²) >= 11 is 0. The van der Waals surface area contributed by atoms with Crippen molar-refractivity contribution in [2.24, 2.45) is 0 Å². The van der Waals surface area contributed by atoms with Crippen LogP contribution < -0.4 is 5.56 Å². The first-order valence-electron chi connectivity index (χ1n) is 6.13. The van der Waals surface area contributed by atoms with Crippen molar-refractivity contribution in [3.63, 3.8) is 0 Å². The zero-order chi connectivity index (χ0) is 13.4. The fraction of sp³-hybridized carbons (Fsp3) is 0.538. The Morgan fingerprint density at radius 1 is 1.39 bits per heavy atom. The summed E-state index contributed by atoms with van der Waals surface area (Å²) < 4.78 is 6.51. The third-order valence-corrected chi connectivity index (χ3v) is 2.62. The minimum absolute atomic E-state index is 0.00343. The van der Waals surface area contributed by atoms with Crippen molar-refractivity contribution in [2.45, 2.75) is 19.9 Å². The van der Waals surface area contributed by atoms with Crippen LogP contribution in [0.5, 0.6) is 0 Å². The lowest BCUT2D eigenvalue weighted by Gasteiger charge is -2.16. The monoisotopic (exact) mass is 252 g/mol. The number of rotatable bonds is 7. The molecule has 5 nitrogen and oxygen atoms in total. The third-order valence-electron chi connectivity index (χ3n) is 2.62. The quantitative estimate of drug-likeness (QED) is 0.671. The van der Waals surface area contributed by atoms with E-state index in [4.69, 9.17) is 4.74 Å². The van der Waals surface area contributed by atoms with Crippen LogP contribution >= 0.6 is 0 Å². The number of nitrogens with zero attached hydrogens (tertiary/aromatic N) is 2. The second-order valence-corrected chi connectivity index (χ2v) is 4.09. The van der Waals surface area contributed by atoms with Gasteiger partial charge in [0.05, 0.1) is 13.0 Å². The van der Waals surface area contributed by atoms with Gasteiger partial charge in [-0.1, -0.05) is 6.07 Å². The number of hydrogen-bond donors (Lipinski definition) is 0. The molecule has 0 saturated carbocycles. The van der Waals surface area contributed by atoms with Crippen LogP contribution in [0.4, 0.5) is 0 Å². The molecule has 0 amide bonds. The van der Waals surface area contributed by atoms with Gasteiger partial charge in [0.15, 0.2) is 0 Å². The van der Waals surface area contributed by atoms with E-state index < -0.39 is 0 Å². The highest BCUT2D eigenvalue weighted by molar-refractivity contribution is 5.69. The number of hydrogen-bond acceptors (Lipinski definition) is 4. The summed E-state index contributed by atoms with van der Waals surface area (Å²) in [5, 5.41) is 0. The van der Waals surface area contributed by atoms with Gasteiger partial charge in [-0.25, -0.2) is 0 Å². The molecule has 0 aliphatic carbocycles. The van der Waals surface area contributed by atoms with Gasteiger partial charge in [0, 0.05) is 31.9 Å². The van der Waals surface area contributed by atoms with Gasteiger partial charge < -0.3 is 14.2 Å². The van der Waals surface area contributed by atoms with Gasteiger partial charge in [-0.3, -0.25) is 9.59 Å². The lowest BCUT2D eigenvalue weighted by Crippen LogP contribution is -2.29. The number of likely N-dealkylation sites (N-methyl/N-ethyl adjacent to an activating group) is 1. The summed E-state index contributed by atoms with van der Waals surface area (Å²) in [6, 6.07) is 5.10. The second-order valence-electron chi connectivity index (χ2n) is 4.09. The molecule has 0 aliphatic heterocycles. The van der Waals surface area contributed by atoms with Crippen molar-refractivity contribution in [1.29, 1.82) is 0 Å². The molecule has 18 heavy (non-hydrogen) atoms. The van der Waals surface area contributed by atoms with Crippen molar-refractivity contribution >= 4 is 5.97 Å². The predicted octanol–water partition coefficient (Wildman–Crippen LogP) is 0.733. The van der Waals surface area contributed by atoms with E-state index in [0.29, 0.717) is 26.1 Å². The smallest absolute Gasteiger partial charge is 0.307 e. The van der Waals surface area contributed by atoms with E-state index in [1.165, 1.54) is 0 Å². The highest BCUT2D eigenvalue weighted by Gasteiger charge is 2.05. The van der Waals surface area contributed by atoms with Crippen LogP contribution in [0.3, 0.4) is 0 Å². The minimum atomic E-state index is -0.179. The zero-order valence-corrected chi connectivity index (χ0v) is 11.0. The number of carbonyl (C=O) groups excluding carboxylic acids is 1. The fourth-order valence-electron chi connectivity index (χ4n) is 1.55. The van der Waals surface area contributed by atoms with Gasteiger partial charge in [0.2, 0.25) is 0 Å². The maximum absolute atomic E-state index is 11.5. The Kier molecular flexibility index (Phi) is 6.14. The molecule has 1 aromatic rings. The summed E-state index contributed by atoms with van der Waals surface area (Å²) in [6.07, 6.45) is 2.15. The average Bonchev–Trinajstić information content (AvgIpc) is 2.36. The Balaban J connectivity index is 2.29. The van der Waals surface area contributed by atoms with Crippen LogP contribution in [0, 0.1) is 0 Å². The molecule has 1 aromatic heterocycles. The molecule has 100 valence electrons. The number of ether oxygens (including phenoxy) is 1. The topological polar surface area (TPSA) is 51.5 Å². The number of pyridine rings is 1. The Morgan fingerprint density at radius 2 is 2.17 bits per heavy atom. The standard InChI is InChI=1S/C13H20N2O3/c1-3-18-13(17)7-9-14(2)10-11-15-8-5-4-6-12(15)16/h4-6,8H,3,7,9-11H2,1-2H3. The van der Waals surface area contributed by atoms with Gasteiger partial charge >= 0.3 is 5.97 Å². The fourth-order valence-corrected chi connectivity index (χ4v) is 1.55. The molecule has 5 heteroatoms. The first-order chi connectivity index (χ1) is 8.63. The average molecular weight is 252 g/mol. The normalized spacial score (nSPS) is 10.6. The summed E-state index contributed by atoms with van der Waals surface area (Å²) in [6.45, 7) is 4.20. The van der Waals surface area contributed by atoms with Gasteiger partial charge in [0.25, 0.3) is 5.56 Å². The first kappa shape index (κ1) is 14.4. The van der Waals surface area contributed by atoms with Crippen molar-refractivity contribution in [3.8, 4) is 0 Å². The van der Waals surface area contributed by atoms with E-state index in [2.05, 4.69) is 0 Å². The Hall–Kier alpha value is -1.62. The zero-order valence-electron chi connectivity index (χ0n) is 11.0. The summed E-state index contributed by atoms with van der Waals surface area (Å²) in [5.74, 6) is -0.179. The molecule has 1 heterocycles. The van der Waals surface area contributed by atoms with Crippen molar-refractivity contribution in [2.75, 3.05) is 26.7 Å². The molecule has 0 aromatic carbocycles. The van der Waals surface area contributed by atoms with Crippen LogP contribution in [0.1, 0.15) is 13.3 Å². The van der Waals surface area contributed by atoms with Crippen molar-refractivity contribution in [3.05, 3.63) is 34.7 Å². The Bertz CT molecular complexity index is 428. The van der Waals surface area contributed by atoms with E-state index in [1.807, 2.05) is 18.0 Å². The van der Waals surface area contributed by atoms with Gasteiger partial charge in [-0.2, -0.15) is 0 Å². The maximum Gasteiger partial charge on any atom is 0.307 e. The van der Waals surface area contributed by atoms with Crippen LogP contribution in [0.25, 0.3) is 0 Å².